The minimum absolute atomic E-state index is 0.0485. The Hall–Kier alpha value is -7.60. The van der Waals surface area contributed by atoms with Gasteiger partial charge in [-0.15, -0.1) is 11.3 Å². The summed E-state index contributed by atoms with van der Waals surface area (Å²) in [5.74, 6) is 0.427. The van der Waals surface area contributed by atoms with Crippen molar-refractivity contribution in [2.45, 2.75) is 84.0 Å². The maximum atomic E-state index is 7.26. The lowest BCUT2D eigenvalue weighted by atomic mass is 9.61. The number of thiophene rings is 1. The molecule has 0 unspecified atom stereocenters. The molecule has 0 amide bonds. The summed E-state index contributed by atoms with van der Waals surface area (Å²) < 4.78 is 9.84. The second kappa shape index (κ2) is 17.0. The van der Waals surface area contributed by atoms with Gasteiger partial charge in [0.1, 0.15) is 11.2 Å². The highest BCUT2D eigenvalue weighted by molar-refractivity contribution is 7.29. The molecule has 5 heteroatoms. The van der Waals surface area contributed by atoms with Crippen LogP contribution in [0.15, 0.2) is 186 Å². The number of anilines is 3. The zero-order chi connectivity index (χ0) is 50.0. The first-order chi connectivity index (χ1) is 36.0. The van der Waals surface area contributed by atoms with E-state index in [2.05, 4.69) is 241 Å². The Labute approximate surface area is 438 Å². The highest BCUT2D eigenvalue weighted by Gasteiger charge is 2.40. The fourth-order valence-electron chi connectivity index (χ4n) is 12.8. The number of nitrogens with zero attached hydrogens (tertiary/aromatic N) is 1. The molecular formula is C69H58BN2OS. The van der Waals surface area contributed by atoms with Crippen LogP contribution in [-0.2, 0) is 10.8 Å². The molecule has 0 bridgehead atoms. The maximum absolute atomic E-state index is 7.26. The zero-order valence-electron chi connectivity index (χ0n) is 43.1. The van der Waals surface area contributed by atoms with E-state index in [0.717, 1.165) is 80.1 Å². The lowest BCUT2D eigenvalue weighted by Gasteiger charge is -2.42. The van der Waals surface area contributed by atoms with Gasteiger partial charge in [0.25, 0.3) is 0 Å². The van der Waals surface area contributed by atoms with Crippen molar-refractivity contribution in [2.75, 3.05) is 4.90 Å². The van der Waals surface area contributed by atoms with Crippen LogP contribution in [0.1, 0.15) is 89.8 Å². The third-order valence-corrected chi connectivity index (χ3v) is 18.0. The summed E-state index contributed by atoms with van der Waals surface area (Å²) in [5.41, 5.74) is 22.6. The van der Waals surface area contributed by atoms with Gasteiger partial charge in [-0.05, 0) is 151 Å². The third-order valence-electron chi connectivity index (χ3n) is 16.9. The SMILES string of the molecule is CCC[C@H](C)c1ccc(N2c3cc4c(oc5ccccc54)c(-c4cc(-c5ccccc5)cc5c4[nH]c4ccc(-c6ccccc6)cc45)c3[B]c3sc4cc5c(cc4c32)C(C)(C)CCC5(C)C)c(-c2ccccc2)c1. The fraction of sp³-hybridized carbons (Fsp3) is 0.188. The van der Waals surface area contributed by atoms with Gasteiger partial charge in [0, 0.05) is 59.5 Å². The molecule has 0 saturated heterocycles. The van der Waals surface area contributed by atoms with E-state index in [1.54, 1.807) is 0 Å². The molecule has 1 N–H and O–H groups in total. The van der Waals surface area contributed by atoms with E-state index in [4.69, 9.17) is 4.42 Å². The first-order valence-corrected chi connectivity index (χ1v) is 27.5. The Morgan fingerprint density at radius 1 is 0.581 bits per heavy atom. The van der Waals surface area contributed by atoms with Gasteiger partial charge in [-0.1, -0.05) is 169 Å². The lowest BCUT2D eigenvalue weighted by molar-refractivity contribution is 0.332. The number of furan rings is 1. The van der Waals surface area contributed by atoms with E-state index in [-0.39, 0.29) is 10.8 Å². The minimum atomic E-state index is 0.0485. The van der Waals surface area contributed by atoms with Crippen molar-refractivity contribution in [1.82, 2.24) is 4.98 Å². The molecule has 1 aliphatic heterocycles. The maximum Gasteiger partial charge on any atom is 0.212 e. The van der Waals surface area contributed by atoms with Crippen molar-refractivity contribution in [2.24, 2.45) is 0 Å². The standard InChI is InChI=1S/C69H58BN2OS/c1-7-19-41(2)45-29-31-58(49(34-45)44-24-15-10-16-25-44)72-59-39-52-48-26-17-18-27-60(48)73-66(52)62(63(59)70-67-65(72)53-38-55-56(40-61(53)74-67)69(5,6)33-32-68(55,3)4)54-37-47(43-22-13-9-14-23-43)36-51-50-35-46(42-20-11-8-12-21-42)28-30-57(50)71-64(51)54/h8-18,20-31,34-41,71H,7,19,32-33H2,1-6H3/t41-/m0/s1. The Balaban J connectivity index is 1.13. The molecule has 3 nitrogen and oxygen atoms in total. The summed E-state index contributed by atoms with van der Waals surface area (Å²) in [6, 6.07) is 68.0. The molecule has 4 heterocycles. The van der Waals surface area contributed by atoms with Crippen LogP contribution < -0.4 is 15.1 Å². The monoisotopic (exact) mass is 973 g/mol. The van der Waals surface area contributed by atoms with Crippen LogP contribution in [0.25, 0.3) is 98.3 Å². The van der Waals surface area contributed by atoms with Crippen LogP contribution in [-0.4, -0.2) is 12.3 Å². The predicted octanol–water partition coefficient (Wildman–Crippen LogP) is 18.8. The summed E-state index contributed by atoms with van der Waals surface area (Å²) in [6.07, 6.45) is 4.61. The Bertz CT molecular complexity index is 4200. The number of fused-ring (bicyclic) bond motifs is 11. The number of para-hydroxylation sites is 1. The van der Waals surface area contributed by atoms with Crippen LogP contribution in [0.4, 0.5) is 17.1 Å². The zero-order valence-corrected chi connectivity index (χ0v) is 43.9. The summed E-state index contributed by atoms with van der Waals surface area (Å²) in [7, 11) is 2.51. The number of nitrogens with one attached hydrogen (secondary N) is 1. The summed E-state index contributed by atoms with van der Waals surface area (Å²) >= 11 is 1.94. The summed E-state index contributed by atoms with van der Waals surface area (Å²) in [4.78, 5) is 6.69. The van der Waals surface area contributed by atoms with Crippen molar-refractivity contribution in [1.29, 1.82) is 0 Å². The van der Waals surface area contributed by atoms with Crippen molar-refractivity contribution in [3.63, 3.8) is 0 Å². The quantitative estimate of drug-likeness (QED) is 0.154. The van der Waals surface area contributed by atoms with E-state index >= 15 is 0 Å². The number of hydrogen-bond donors (Lipinski definition) is 1. The van der Waals surface area contributed by atoms with Crippen molar-refractivity contribution in [3.05, 3.63) is 199 Å². The molecule has 2 aliphatic rings. The number of benzene rings is 9. The largest absolute Gasteiger partial charge is 0.455 e. The molecule has 359 valence electrons. The number of hydrogen-bond acceptors (Lipinski definition) is 3. The van der Waals surface area contributed by atoms with Gasteiger partial charge in [0.05, 0.1) is 16.9 Å². The molecule has 1 atom stereocenters. The topological polar surface area (TPSA) is 32.2 Å². The first-order valence-electron chi connectivity index (χ1n) is 26.7. The van der Waals surface area contributed by atoms with E-state index in [9.17, 15) is 0 Å². The molecule has 3 aromatic heterocycles. The lowest BCUT2D eigenvalue weighted by Crippen LogP contribution is -2.39. The second-order valence-corrected chi connectivity index (χ2v) is 23.6. The van der Waals surface area contributed by atoms with E-state index < -0.39 is 0 Å². The number of rotatable bonds is 8. The molecule has 74 heavy (non-hydrogen) atoms. The molecule has 0 fully saturated rings. The minimum Gasteiger partial charge on any atom is -0.455 e. The smallest absolute Gasteiger partial charge is 0.212 e. The Kier molecular flexibility index (Phi) is 10.3. The van der Waals surface area contributed by atoms with Gasteiger partial charge in [-0.2, -0.15) is 0 Å². The molecule has 12 aromatic rings. The summed E-state index contributed by atoms with van der Waals surface area (Å²) in [5, 5.41) is 5.91. The third kappa shape index (κ3) is 7.07. The average molecular weight is 974 g/mol. The first kappa shape index (κ1) is 45.1. The highest BCUT2D eigenvalue weighted by atomic mass is 32.1. The fourth-order valence-corrected chi connectivity index (χ4v) is 13.9. The molecule has 14 rings (SSSR count). The highest BCUT2D eigenvalue weighted by Crippen LogP contribution is 2.54. The molecule has 0 saturated carbocycles. The Morgan fingerprint density at radius 3 is 1.97 bits per heavy atom. The van der Waals surface area contributed by atoms with Crippen molar-refractivity contribution >= 4 is 99.7 Å². The molecule has 1 aliphatic carbocycles. The van der Waals surface area contributed by atoms with Crippen LogP contribution >= 0.6 is 11.3 Å². The number of aromatic nitrogens is 1. The predicted molar refractivity (Wildman–Crippen MR) is 319 cm³/mol. The van der Waals surface area contributed by atoms with Gasteiger partial charge in [0.2, 0.25) is 7.28 Å². The van der Waals surface area contributed by atoms with Gasteiger partial charge < -0.3 is 14.3 Å². The van der Waals surface area contributed by atoms with Gasteiger partial charge in [0.15, 0.2) is 0 Å². The molecule has 1 radical (unpaired) electrons. The van der Waals surface area contributed by atoms with E-state index in [0.29, 0.717) is 5.92 Å². The van der Waals surface area contributed by atoms with Gasteiger partial charge >= 0.3 is 0 Å². The van der Waals surface area contributed by atoms with Gasteiger partial charge in [-0.3, -0.25) is 0 Å². The van der Waals surface area contributed by atoms with Crippen molar-refractivity contribution < 1.29 is 4.42 Å². The van der Waals surface area contributed by atoms with Crippen LogP contribution in [0, 0.1) is 0 Å². The number of aromatic amines is 1. The van der Waals surface area contributed by atoms with Gasteiger partial charge in [-0.25, -0.2) is 0 Å². The van der Waals surface area contributed by atoms with E-state index in [1.165, 1.54) is 87.9 Å². The Morgan fingerprint density at radius 2 is 1.24 bits per heavy atom. The van der Waals surface area contributed by atoms with Crippen molar-refractivity contribution in [3.8, 4) is 44.5 Å². The van der Waals surface area contributed by atoms with Crippen LogP contribution in [0.5, 0.6) is 0 Å². The normalized spacial score (nSPS) is 15.1. The molecule has 9 aromatic carbocycles. The van der Waals surface area contributed by atoms with Crippen LogP contribution in [0.2, 0.25) is 0 Å². The molecular weight excluding hydrogens is 916 g/mol. The average Bonchev–Trinajstić information content (AvgIpc) is 4.12. The van der Waals surface area contributed by atoms with Crippen LogP contribution in [0.3, 0.4) is 0 Å². The second-order valence-electron chi connectivity index (χ2n) is 22.5. The van der Waals surface area contributed by atoms with E-state index in [1.807, 2.05) is 11.3 Å². The molecule has 0 spiro atoms. The summed E-state index contributed by atoms with van der Waals surface area (Å²) in [6.45, 7) is 14.5. The number of H-pyrrole nitrogens is 1.